The second kappa shape index (κ2) is 8.19. The average Bonchev–Trinajstić information content (AvgIpc) is 2.63. The number of hydrogen-bond acceptors (Lipinski definition) is 4. The number of piperidine rings is 1. The predicted molar refractivity (Wildman–Crippen MR) is 105 cm³/mol. The lowest BCUT2D eigenvalue weighted by atomic mass is 9.82. The summed E-state index contributed by atoms with van der Waals surface area (Å²) in [6, 6.07) is 13.9. The van der Waals surface area contributed by atoms with E-state index in [0.29, 0.717) is 6.42 Å². The maximum atomic E-state index is 13.6. The third-order valence-electron chi connectivity index (χ3n) is 4.98. The van der Waals surface area contributed by atoms with Gasteiger partial charge in [0.2, 0.25) is 10.0 Å². The lowest BCUT2D eigenvalue weighted by Gasteiger charge is -2.44. The fourth-order valence-corrected chi connectivity index (χ4v) is 5.14. The Morgan fingerprint density at radius 2 is 1.93 bits per heavy atom. The minimum absolute atomic E-state index is 0.00301. The molecule has 5 nitrogen and oxygen atoms in total. The zero-order chi connectivity index (χ0) is 20.4. The largest absolute Gasteiger partial charge is 0.486 e. The van der Waals surface area contributed by atoms with Gasteiger partial charge in [-0.05, 0) is 43.0 Å². The van der Waals surface area contributed by atoms with E-state index in [1.165, 1.54) is 22.5 Å². The summed E-state index contributed by atoms with van der Waals surface area (Å²) in [5.41, 5.74) is -1.19. The van der Waals surface area contributed by atoms with Gasteiger partial charge in [-0.25, -0.2) is 12.8 Å². The van der Waals surface area contributed by atoms with Crippen LogP contribution in [0.5, 0.6) is 5.75 Å². The normalized spacial score (nSPS) is 23.7. The summed E-state index contributed by atoms with van der Waals surface area (Å²) in [5.74, 6) is 0.0153. The Balaban J connectivity index is 1.89. The molecule has 0 aliphatic carbocycles. The summed E-state index contributed by atoms with van der Waals surface area (Å²) in [6.07, 6.45) is -0.0902. The Hall–Kier alpha value is -1.96. The summed E-state index contributed by atoms with van der Waals surface area (Å²) in [5, 5.41) is 11.2. The van der Waals surface area contributed by atoms with Crippen molar-refractivity contribution in [3.8, 4) is 5.75 Å². The highest BCUT2D eigenvalue weighted by Crippen LogP contribution is 2.34. The fourth-order valence-electron chi connectivity index (χ4n) is 3.68. The van der Waals surface area contributed by atoms with Crippen molar-refractivity contribution < 1.29 is 22.7 Å². The molecule has 2 atom stereocenters. The molecule has 0 spiro atoms. The van der Waals surface area contributed by atoms with Crippen LogP contribution in [0.2, 0.25) is 0 Å². The van der Waals surface area contributed by atoms with Crippen molar-refractivity contribution in [3.05, 3.63) is 60.4 Å². The maximum absolute atomic E-state index is 13.6. The maximum Gasteiger partial charge on any atom is 0.243 e. The number of halogens is 1. The van der Waals surface area contributed by atoms with Crippen LogP contribution in [-0.4, -0.2) is 42.6 Å². The first-order valence-corrected chi connectivity index (χ1v) is 10.8. The predicted octanol–water partition coefficient (Wildman–Crippen LogP) is 3.44. The second-order valence-electron chi connectivity index (χ2n) is 7.69. The topological polar surface area (TPSA) is 66.8 Å². The number of ether oxygens (including phenoxy) is 1. The Labute approximate surface area is 165 Å². The highest BCUT2D eigenvalue weighted by atomic mass is 32.2. The van der Waals surface area contributed by atoms with Crippen molar-refractivity contribution >= 4 is 10.0 Å². The molecule has 7 heteroatoms. The van der Waals surface area contributed by atoms with Crippen LogP contribution < -0.4 is 4.74 Å². The van der Waals surface area contributed by atoms with Crippen molar-refractivity contribution in [1.29, 1.82) is 0 Å². The van der Waals surface area contributed by atoms with Crippen LogP contribution in [0, 0.1) is 11.7 Å². The smallest absolute Gasteiger partial charge is 0.243 e. The minimum atomic E-state index is -3.71. The van der Waals surface area contributed by atoms with Gasteiger partial charge in [-0.1, -0.05) is 38.1 Å². The SMILES string of the molecule is CC(C)C[C@]1(O)CCN(S(=O)(=O)c2ccccc2)C[C@@H]1Oc1cccc(F)c1. The van der Waals surface area contributed by atoms with E-state index >= 15 is 0 Å². The quantitative estimate of drug-likeness (QED) is 0.797. The van der Waals surface area contributed by atoms with Crippen molar-refractivity contribution in [2.75, 3.05) is 13.1 Å². The molecule has 1 N–H and O–H groups in total. The lowest BCUT2D eigenvalue weighted by Crippen LogP contribution is -2.59. The van der Waals surface area contributed by atoms with Gasteiger partial charge in [0, 0.05) is 12.6 Å². The highest BCUT2D eigenvalue weighted by Gasteiger charge is 2.46. The molecule has 152 valence electrons. The van der Waals surface area contributed by atoms with Gasteiger partial charge < -0.3 is 9.84 Å². The molecule has 1 heterocycles. The number of nitrogens with zero attached hydrogens (tertiary/aromatic N) is 1. The van der Waals surface area contributed by atoms with Gasteiger partial charge in [0.1, 0.15) is 23.3 Å². The first-order chi connectivity index (χ1) is 13.2. The molecular formula is C21H26FNO4S. The van der Waals surface area contributed by atoms with E-state index in [4.69, 9.17) is 4.74 Å². The van der Waals surface area contributed by atoms with Gasteiger partial charge >= 0.3 is 0 Å². The van der Waals surface area contributed by atoms with Crippen LogP contribution in [0.4, 0.5) is 4.39 Å². The van der Waals surface area contributed by atoms with Crippen LogP contribution in [0.3, 0.4) is 0 Å². The summed E-state index contributed by atoms with van der Waals surface area (Å²) in [7, 11) is -3.71. The Kier molecular flexibility index (Phi) is 6.07. The van der Waals surface area contributed by atoms with Crippen LogP contribution in [0.25, 0.3) is 0 Å². The Morgan fingerprint density at radius 3 is 2.57 bits per heavy atom. The van der Waals surface area contributed by atoms with E-state index in [0.717, 1.165) is 0 Å². The molecule has 2 aromatic rings. The van der Waals surface area contributed by atoms with Crippen molar-refractivity contribution in [2.24, 2.45) is 5.92 Å². The molecule has 1 fully saturated rings. The molecular weight excluding hydrogens is 381 g/mol. The molecule has 0 aromatic heterocycles. The highest BCUT2D eigenvalue weighted by molar-refractivity contribution is 7.89. The molecule has 0 radical (unpaired) electrons. The van der Waals surface area contributed by atoms with Gasteiger partial charge in [-0.15, -0.1) is 0 Å². The summed E-state index contributed by atoms with van der Waals surface area (Å²) >= 11 is 0. The Bertz CT molecular complexity index is 904. The van der Waals surface area contributed by atoms with Crippen LogP contribution in [0.15, 0.2) is 59.5 Å². The third-order valence-corrected chi connectivity index (χ3v) is 6.86. The van der Waals surface area contributed by atoms with Crippen LogP contribution in [0.1, 0.15) is 26.7 Å². The zero-order valence-corrected chi connectivity index (χ0v) is 16.9. The van der Waals surface area contributed by atoms with E-state index in [2.05, 4.69) is 0 Å². The van der Waals surface area contributed by atoms with E-state index < -0.39 is 27.5 Å². The number of hydrogen-bond donors (Lipinski definition) is 1. The fraction of sp³-hybridized carbons (Fsp3) is 0.429. The molecule has 1 aliphatic rings. The standard InChI is InChI=1S/C21H26FNO4S/c1-16(2)14-21(24)11-12-23(28(25,26)19-9-4-3-5-10-19)15-20(21)27-18-8-6-7-17(22)13-18/h3-10,13,16,20,24H,11-12,14-15H2,1-2H3/t20-,21+/m0/s1. The first kappa shape index (κ1) is 20.8. The van der Waals surface area contributed by atoms with E-state index in [1.54, 1.807) is 36.4 Å². The molecule has 2 aromatic carbocycles. The second-order valence-corrected chi connectivity index (χ2v) is 9.63. The molecule has 1 saturated heterocycles. The zero-order valence-electron chi connectivity index (χ0n) is 16.1. The van der Waals surface area contributed by atoms with Gasteiger partial charge in [-0.3, -0.25) is 0 Å². The van der Waals surface area contributed by atoms with Crippen LogP contribution in [-0.2, 0) is 10.0 Å². The van der Waals surface area contributed by atoms with Crippen molar-refractivity contribution in [3.63, 3.8) is 0 Å². The molecule has 0 bridgehead atoms. The van der Waals surface area contributed by atoms with Gasteiger partial charge in [0.05, 0.1) is 11.4 Å². The molecule has 3 rings (SSSR count). The molecule has 28 heavy (non-hydrogen) atoms. The molecule has 0 saturated carbocycles. The number of sulfonamides is 1. The summed E-state index contributed by atoms with van der Waals surface area (Å²) < 4.78 is 46.8. The monoisotopic (exact) mass is 407 g/mol. The van der Waals surface area contributed by atoms with Crippen molar-refractivity contribution in [2.45, 2.75) is 43.3 Å². The minimum Gasteiger partial charge on any atom is -0.486 e. The summed E-state index contributed by atoms with van der Waals surface area (Å²) in [6.45, 7) is 4.18. The number of aliphatic hydroxyl groups is 1. The molecule has 0 amide bonds. The average molecular weight is 408 g/mol. The van der Waals surface area contributed by atoms with E-state index in [1.807, 2.05) is 13.8 Å². The number of benzene rings is 2. The summed E-state index contributed by atoms with van der Waals surface area (Å²) in [4.78, 5) is 0.203. The number of rotatable bonds is 6. The van der Waals surface area contributed by atoms with E-state index in [-0.39, 0.29) is 36.1 Å². The van der Waals surface area contributed by atoms with Gasteiger partial charge in [0.15, 0.2) is 0 Å². The van der Waals surface area contributed by atoms with Gasteiger partial charge in [-0.2, -0.15) is 4.31 Å². The Morgan fingerprint density at radius 1 is 1.21 bits per heavy atom. The first-order valence-electron chi connectivity index (χ1n) is 9.40. The van der Waals surface area contributed by atoms with Crippen LogP contribution >= 0.6 is 0 Å². The third kappa shape index (κ3) is 4.54. The molecule has 1 aliphatic heterocycles. The van der Waals surface area contributed by atoms with Gasteiger partial charge in [0.25, 0.3) is 0 Å². The van der Waals surface area contributed by atoms with E-state index in [9.17, 15) is 17.9 Å². The van der Waals surface area contributed by atoms with Crippen molar-refractivity contribution in [1.82, 2.24) is 4.31 Å². The lowest BCUT2D eigenvalue weighted by molar-refractivity contribution is -0.105. The molecule has 0 unspecified atom stereocenters.